The first-order chi connectivity index (χ1) is 13.9. The molecule has 5 rings (SSSR count). The zero-order valence-corrected chi connectivity index (χ0v) is 18.9. The Hall–Kier alpha value is -1.68. The minimum atomic E-state index is -2.04. The molecule has 0 unspecified atom stereocenters. The van der Waals surface area contributed by atoms with Crippen molar-refractivity contribution in [1.82, 2.24) is 0 Å². The van der Waals surface area contributed by atoms with Gasteiger partial charge in [-0.15, -0.1) is 0 Å². The summed E-state index contributed by atoms with van der Waals surface area (Å²) >= 11 is 0. The van der Waals surface area contributed by atoms with Gasteiger partial charge in [-0.05, 0) is 37.4 Å². The number of hydrogen-bond donors (Lipinski definition) is 0. The second kappa shape index (κ2) is 6.94. The molecule has 3 aliphatic carbocycles. The van der Waals surface area contributed by atoms with Crippen LogP contribution < -0.4 is 0 Å². The molecule has 0 aromatic carbocycles. The number of ether oxygens (including phenoxy) is 2. The summed E-state index contributed by atoms with van der Waals surface area (Å²) in [5.41, 5.74) is 0.760. The molecule has 2 heterocycles. The van der Waals surface area contributed by atoms with Crippen LogP contribution in [0.4, 0.5) is 0 Å². The van der Waals surface area contributed by atoms with Crippen molar-refractivity contribution in [1.29, 1.82) is 5.26 Å². The number of carbonyl (C=O) groups excluding carboxylic acids is 1. The number of rotatable bonds is 7. The van der Waals surface area contributed by atoms with Gasteiger partial charge in [-0.25, -0.2) is 4.79 Å². The first-order valence-corrected chi connectivity index (χ1v) is 13.5. The molecule has 4 fully saturated rings. The number of nitrogens with zero attached hydrogens (tertiary/aromatic N) is 1. The topological polar surface area (TPSA) is 68.6 Å². The molecule has 2 saturated carbocycles. The lowest BCUT2D eigenvalue weighted by Crippen LogP contribution is -2.59. The number of carbonyl (C=O) groups is 1. The standard InChI is InChI=1S/C23H31NO4Si/c1-6-26-21(25)16-10-11-18-20-15(5)17-13-22(20,14-24)27-23(18,19(17)12-16)28-29(7-2,8-3)9-4/h10-12,17-20H,5-9,13H2,1-4H3/t17-,18-,19+,20+,22-,23-/m0/s1. The maximum absolute atomic E-state index is 12.5. The molecule has 5 aliphatic rings. The number of hydrogen-bond acceptors (Lipinski definition) is 5. The van der Waals surface area contributed by atoms with E-state index in [9.17, 15) is 10.1 Å². The van der Waals surface area contributed by atoms with Crippen LogP contribution in [0.5, 0.6) is 0 Å². The number of nitriles is 1. The first kappa shape index (κ1) is 20.6. The van der Waals surface area contributed by atoms with Crippen molar-refractivity contribution in [2.75, 3.05) is 6.61 Å². The van der Waals surface area contributed by atoms with Crippen molar-refractivity contribution in [3.63, 3.8) is 0 Å². The van der Waals surface area contributed by atoms with E-state index in [4.69, 9.17) is 13.9 Å². The van der Waals surface area contributed by atoms with Gasteiger partial charge in [0.15, 0.2) is 19.7 Å². The Bertz CT molecular complexity index is 830. The molecule has 0 amide bonds. The van der Waals surface area contributed by atoms with Crippen LogP contribution in [0.2, 0.25) is 18.1 Å². The quantitative estimate of drug-likeness (QED) is 0.349. The molecule has 0 N–H and O–H groups in total. The second-order valence-electron chi connectivity index (χ2n) is 8.79. The summed E-state index contributed by atoms with van der Waals surface area (Å²) in [5.74, 6) is -1.44. The fourth-order valence-corrected chi connectivity index (χ4v) is 9.06. The van der Waals surface area contributed by atoms with Gasteiger partial charge >= 0.3 is 5.97 Å². The van der Waals surface area contributed by atoms with Crippen molar-refractivity contribution < 1.29 is 18.7 Å². The van der Waals surface area contributed by atoms with Crippen molar-refractivity contribution in [2.45, 2.75) is 63.6 Å². The Labute approximate surface area is 174 Å². The van der Waals surface area contributed by atoms with Gasteiger partial charge in [-0.2, -0.15) is 5.26 Å². The molecule has 0 spiro atoms. The van der Waals surface area contributed by atoms with Crippen LogP contribution in [0.15, 0.2) is 36.0 Å². The van der Waals surface area contributed by atoms with E-state index in [1.54, 1.807) is 0 Å². The minimum absolute atomic E-state index is 0.0859. The van der Waals surface area contributed by atoms with Crippen LogP contribution in [-0.4, -0.2) is 32.3 Å². The highest BCUT2D eigenvalue weighted by atomic mass is 28.4. The van der Waals surface area contributed by atoms with E-state index >= 15 is 0 Å². The Morgan fingerprint density at radius 1 is 1.31 bits per heavy atom. The molecular formula is C23H31NO4Si. The van der Waals surface area contributed by atoms with Gasteiger partial charge in [0.1, 0.15) is 0 Å². The summed E-state index contributed by atoms with van der Waals surface area (Å²) in [4.78, 5) is 12.5. The van der Waals surface area contributed by atoms with Crippen LogP contribution in [0.3, 0.4) is 0 Å². The molecule has 6 bridgehead atoms. The zero-order valence-electron chi connectivity index (χ0n) is 17.9. The van der Waals surface area contributed by atoms with Crippen molar-refractivity contribution in [3.05, 3.63) is 36.0 Å². The maximum Gasteiger partial charge on any atom is 0.337 e. The van der Waals surface area contributed by atoms with Crippen molar-refractivity contribution >= 4 is 14.3 Å². The molecule has 0 aromatic rings. The van der Waals surface area contributed by atoms with Crippen molar-refractivity contribution in [2.24, 2.45) is 23.7 Å². The molecule has 2 saturated heterocycles. The summed E-state index contributed by atoms with van der Waals surface area (Å²) in [6, 6.07) is 5.48. The SMILES string of the molecule is C=C1[C@@H]2[C@@H]3C=CC(C(=O)OCC)=C[C@@H]4[C@H]1C[C@@]2(C#N)O[C@@]43O[Si](CC)(CC)CC. The van der Waals surface area contributed by atoms with E-state index in [0.717, 1.165) is 23.7 Å². The zero-order chi connectivity index (χ0) is 21.0. The average Bonchev–Trinajstić information content (AvgIpc) is 3.04. The van der Waals surface area contributed by atoms with Gasteiger partial charge in [0.25, 0.3) is 0 Å². The highest BCUT2D eigenvalue weighted by Crippen LogP contribution is 2.71. The van der Waals surface area contributed by atoms with Crippen LogP contribution >= 0.6 is 0 Å². The Balaban J connectivity index is 1.86. The molecular weight excluding hydrogens is 382 g/mol. The van der Waals surface area contributed by atoms with Crippen molar-refractivity contribution in [3.8, 4) is 6.07 Å². The second-order valence-corrected chi connectivity index (χ2v) is 13.5. The van der Waals surface area contributed by atoms with Gasteiger partial charge in [-0.1, -0.05) is 51.2 Å². The van der Waals surface area contributed by atoms with E-state index in [1.165, 1.54) is 0 Å². The Morgan fingerprint density at radius 3 is 2.59 bits per heavy atom. The summed E-state index contributed by atoms with van der Waals surface area (Å²) in [6.45, 7) is 13.1. The lowest BCUT2D eigenvalue weighted by atomic mass is 9.67. The van der Waals surface area contributed by atoms with E-state index in [2.05, 4.69) is 33.4 Å². The van der Waals surface area contributed by atoms with Gasteiger partial charge in [0.05, 0.1) is 18.2 Å². The van der Waals surface area contributed by atoms with E-state index < -0.39 is 19.7 Å². The Kier molecular flexibility index (Phi) is 4.92. The minimum Gasteiger partial charge on any atom is -0.462 e. The third kappa shape index (κ3) is 2.60. The lowest BCUT2D eigenvalue weighted by molar-refractivity contribution is -0.261. The fraction of sp³-hybridized carbons (Fsp3) is 0.652. The highest BCUT2D eigenvalue weighted by molar-refractivity contribution is 6.73. The van der Waals surface area contributed by atoms with Gasteiger partial charge in [0, 0.05) is 17.8 Å². The molecule has 2 aliphatic heterocycles. The highest BCUT2D eigenvalue weighted by Gasteiger charge is 2.77. The van der Waals surface area contributed by atoms with E-state index in [1.807, 2.05) is 25.2 Å². The van der Waals surface area contributed by atoms with E-state index in [-0.39, 0.29) is 29.6 Å². The van der Waals surface area contributed by atoms with Crippen LogP contribution in [0.25, 0.3) is 0 Å². The lowest BCUT2D eigenvalue weighted by Gasteiger charge is -2.52. The molecule has 29 heavy (non-hydrogen) atoms. The summed E-state index contributed by atoms with van der Waals surface area (Å²) < 4.78 is 19.0. The van der Waals surface area contributed by atoms with E-state index in [0.29, 0.717) is 18.6 Å². The molecule has 156 valence electrons. The summed E-state index contributed by atoms with van der Waals surface area (Å²) in [5, 5.41) is 10.1. The van der Waals surface area contributed by atoms with Gasteiger partial charge < -0.3 is 13.9 Å². The van der Waals surface area contributed by atoms with Gasteiger partial charge in [0.2, 0.25) is 0 Å². The normalized spacial score (nSPS) is 39.3. The number of esters is 1. The predicted octanol–water partition coefficient (Wildman–Crippen LogP) is 4.49. The molecule has 6 atom stereocenters. The smallest absolute Gasteiger partial charge is 0.337 e. The van der Waals surface area contributed by atoms with Crippen LogP contribution in [0, 0.1) is 35.0 Å². The molecule has 5 nitrogen and oxygen atoms in total. The molecule has 0 aromatic heterocycles. The summed E-state index contributed by atoms with van der Waals surface area (Å²) in [7, 11) is -2.04. The van der Waals surface area contributed by atoms with Gasteiger partial charge in [-0.3, -0.25) is 0 Å². The fourth-order valence-electron chi connectivity index (χ4n) is 6.14. The summed E-state index contributed by atoms with van der Waals surface area (Å²) in [6.07, 6.45) is 6.48. The average molecular weight is 414 g/mol. The van der Waals surface area contributed by atoms with Crippen LogP contribution in [0.1, 0.15) is 34.1 Å². The first-order valence-electron chi connectivity index (χ1n) is 10.9. The maximum atomic E-state index is 12.5. The Morgan fingerprint density at radius 2 is 2.00 bits per heavy atom. The van der Waals surface area contributed by atoms with Crippen LogP contribution in [-0.2, 0) is 18.7 Å². The third-order valence-corrected chi connectivity index (χ3v) is 12.4. The molecule has 0 radical (unpaired) electrons. The molecule has 6 heteroatoms. The predicted molar refractivity (Wildman–Crippen MR) is 112 cm³/mol. The monoisotopic (exact) mass is 413 g/mol. The third-order valence-electron chi connectivity index (χ3n) is 7.82. The largest absolute Gasteiger partial charge is 0.462 e.